The second-order valence-electron chi connectivity index (χ2n) is 6.40. The van der Waals surface area contributed by atoms with E-state index in [1.54, 1.807) is 13.8 Å². The summed E-state index contributed by atoms with van der Waals surface area (Å²) in [6.07, 6.45) is 3.05. The van der Waals surface area contributed by atoms with Crippen molar-refractivity contribution in [3.05, 3.63) is 39.4 Å². The molecule has 25 heavy (non-hydrogen) atoms. The zero-order chi connectivity index (χ0) is 18.6. The van der Waals surface area contributed by atoms with Gasteiger partial charge in [0, 0.05) is 24.2 Å². The second-order valence-corrected chi connectivity index (χ2v) is 6.40. The van der Waals surface area contributed by atoms with Gasteiger partial charge < -0.3 is 9.64 Å². The zero-order valence-corrected chi connectivity index (χ0v) is 14.9. The molecule has 2 rings (SSSR count). The van der Waals surface area contributed by atoms with E-state index < -0.39 is 17.0 Å². The topological polar surface area (TPSA) is 89.8 Å². The fraction of sp³-hybridized carbons (Fsp3) is 0.556. The lowest BCUT2D eigenvalue weighted by Gasteiger charge is -2.36. The Balaban J connectivity index is 2.05. The molecule has 7 nitrogen and oxygen atoms in total. The summed E-state index contributed by atoms with van der Waals surface area (Å²) in [4.78, 5) is 37.0. The van der Waals surface area contributed by atoms with E-state index in [0.29, 0.717) is 12.1 Å². The van der Waals surface area contributed by atoms with Gasteiger partial charge in [-0.05, 0) is 51.7 Å². The van der Waals surface area contributed by atoms with Gasteiger partial charge in [-0.3, -0.25) is 14.9 Å². The zero-order valence-electron chi connectivity index (χ0n) is 14.9. The Morgan fingerprint density at radius 2 is 2.12 bits per heavy atom. The molecule has 1 amide bonds. The maximum absolute atomic E-state index is 12.6. The van der Waals surface area contributed by atoms with Gasteiger partial charge in [0.25, 0.3) is 11.6 Å². The second kappa shape index (κ2) is 8.09. The van der Waals surface area contributed by atoms with Crippen molar-refractivity contribution in [3.63, 3.8) is 0 Å². The molecule has 7 heteroatoms. The number of carbonyl (C=O) groups excluding carboxylic acids is 2. The summed E-state index contributed by atoms with van der Waals surface area (Å²) >= 11 is 0. The van der Waals surface area contributed by atoms with E-state index in [1.807, 2.05) is 11.8 Å². The van der Waals surface area contributed by atoms with Crippen molar-refractivity contribution in [2.75, 3.05) is 6.54 Å². The van der Waals surface area contributed by atoms with Crippen molar-refractivity contribution in [2.45, 2.75) is 58.6 Å². The van der Waals surface area contributed by atoms with Gasteiger partial charge in [0.2, 0.25) is 0 Å². The van der Waals surface area contributed by atoms with Gasteiger partial charge >= 0.3 is 5.97 Å². The summed E-state index contributed by atoms with van der Waals surface area (Å²) < 4.78 is 5.30. The third-order valence-corrected chi connectivity index (χ3v) is 4.64. The third-order valence-electron chi connectivity index (χ3n) is 4.64. The van der Waals surface area contributed by atoms with E-state index >= 15 is 0 Å². The maximum atomic E-state index is 12.6. The molecule has 1 aliphatic heterocycles. The first-order valence-electron chi connectivity index (χ1n) is 8.61. The number of benzene rings is 1. The van der Waals surface area contributed by atoms with Gasteiger partial charge in [0.05, 0.1) is 10.5 Å². The van der Waals surface area contributed by atoms with Crippen LogP contribution < -0.4 is 0 Å². The molecule has 0 aromatic heterocycles. The van der Waals surface area contributed by atoms with Crippen LogP contribution in [0.3, 0.4) is 0 Å². The van der Waals surface area contributed by atoms with Crippen molar-refractivity contribution in [2.24, 2.45) is 0 Å². The quantitative estimate of drug-likeness (QED) is 0.463. The number of rotatable bonds is 5. The summed E-state index contributed by atoms with van der Waals surface area (Å²) in [5.74, 6) is -0.831. The monoisotopic (exact) mass is 348 g/mol. The number of carbonyl (C=O) groups is 2. The number of ether oxygens (including phenoxy) is 1. The van der Waals surface area contributed by atoms with Crippen LogP contribution in [-0.2, 0) is 9.53 Å². The van der Waals surface area contributed by atoms with Gasteiger partial charge in [0.1, 0.15) is 0 Å². The number of nitrogens with zero attached hydrogens (tertiary/aromatic N) is 2. The highest BCUT2D eigenvalue weighted by atomic mass is 16.6. The average Bonchev–Trinajstić information content (AvgIpc) is 2.60. The Morgan fingerprint density at radius 1 is 1.40 bits per heavy atom. The highest BCUT2D eigenvalue weighted by Crippen LogP contribution is 2.22. The van der Waals surface area contributed by atoms with Gasteiger partial charge in [-0.2, -0.15) is 0 Å². The Kier molecular flexibility index (Phi) is 6.12. The summed E-state index contributed by atoms with van der Waals surface area (Å²) in [6, 6.07) is 4.23. The van der Waals surface area contributed by atoms with Crippen molar-refractivity contribution in [1.82, 2.24) is 4.90 Å². The Hall–Kier alpha value is -2.44. The maximum Gasteiger partial charge on any atom is 0.338 e. The van der Waals surface area contributed by atoms with Crippen LogP contribution in [0.25, 0.3) is 0 Å². The summed E-state index contributed by atoms with van der Waals surface area (Å²) in [5, 5.41) is 10.8. The van der Waals surface area contributed by atoms with Gasteiger partial charge in [-0.15, -0.1) is 0 Å². The lowest BCUT2D eigenvalue weighted by molar-refractivity contribution is -0.385. The van der Waals surface area contributed by atoms with Crippen LogP contribution in [0.4, 0.5) is 5.69 Å². The molecule has 0 aliphatic carbocycles. The number of esters is 1. The fourth-order valence-electron chi connectivity index (χ4n) is 3.21. The first kappa shape index (κ1) is 18.9. The Labute approximate surface area is 147 Å². The number of likely N-dealkylation sites (tertiary alicyclic amines) is 1. The highest BCUT2D eigenvalue weighted by molar-refractivity contribution is 5.92. The number of nitro benzene ring substituents is 1. The molecule has 0 spiro atoms. The van der Waals surface area contributed by atoms with Crippen molar-refractivity contribution >= 4 is 17.6 Å². The molecule has 2 atom stereocenters. The molecule has 1 aromatic rings. The standard InChI is InChI=1S/C18H24N2O5/c1-4-15-7-5-6-10-19(15)17(21)13(3)25-18(22)14-8-9-16(20(23)24)12(2)11-14/h8-9,11,13,15H,4-7,10H2,1-3H3/t13-,15-/m1/s1. The predicted molar refractivity (Wildman–Crippen MR) is 92.4 cm³/mol. The number of amides is 1. The van der Waals surface area contributed by atoms with E-state index in [0.717, 1.165) is 25.7 Å². The van der Waals surface area contributed by atoms with Crippen molar-refractivity contribution in [1.29, 1.82) is 0 Å². The first-order chi connectivity index (χ1) is 11.8. The van der Waals surface area contributed by atoms with Crippen LogP contribution in [0.15, 0.2) is 18.2 Å². The highest BCUT2D eigenvalue weighted by Gasteiger charge is 2.30. The van der Waals surface area contributed by atoms with E-state index in [1.165, 1.54) is 18.2 Å². The molecule has 0 radical (unpaired) electrons. The number of nitro groups is 1. The largest absolute Gasteiger partial charge is 0.449 e. The van der Waals surface area contributed by atoms with Crippen molar-refractivity contribution in [3.8, 4) is 0 Å². The molecule has 1 saturated heterocycles. The minimum atomic E-state index is -0.879. The normalized spacial score (nSPS) is 18.5. The molecule has 1 aromatic carbocycles. The van der Waals surface area contributed by atoms with Crippen molar-refractivity contribution < 1.29 is 19.2 Å². The molecular weight excluding hydrogens is 324 g/mol. The molecule has 1 fully saturated rings. The molecule has 1 aliphatic rings. The smallest absolute Gasteiger partial charge is 0.338 e. The lowest BCUT2D eigenvalue weighted by atomic mass is 9.99. The third kappa shape index (κ3) is 4.35. The number of hydrogen-bond donors (Lipinski definition) is 0. The SMILES string of the molecule is CC[C@@H]1CCCCN1C(=O)[C@@H](C)OC(=O)c1ccc([N+](=O)[O-])c(C)c1. The van der Waals surface area contributed by atoms with Crippen LogP contribution in [-0.4, -0.2) is 40.4 Å². The van der Waals surface area contributed by atoms with Crippen LogP contribution >= 0.6 is 0 Å². The minimum absolute atomic E-state index is 0.0558. The van der Waals surface area contributed by atoms with Crippen LogP contribution in [0.1, 0.15) is 55.5 Å². The Morgan fingerprint density at radius 3 is 2.72 bits per heavy atom. The van der Waals surface area contributed by atoms with Crippen LogP contribution in [0.5, 0.6) is 0 Å². The van der Waals surface area contributed by atoms with E-state index in [4.69, 9.17) is 4.74 Å². The fourth-order valence-corrected chi connectivity index (χ4v) is 3.21. The van der Waals surface area contributed by atoms with Crippen LogP contribution in [0, 0.1) is 17.0 Å². The van der Waals surface area contributed by atoms with E-state index in [-0.39, 0.29) is 23.2 Å². The summed E-state index contributed by atoms with van der Waals surface area (Å²) in [6.45, 7) is 5.87. The first-order valence-corrected chi connectivity index (χ1v) is 8.61. The molecular formula is C18H24N2O5. The number of hydrogen-bond acceptors (Lipinski definition) is 5. The summed E-state index contributed by atoms with van der Waals surface area (Å²) in [7, 11) is 0. The van der Waals surface area contributed by atoms with E-state index in [2.05, 4.69) is 0 Å². The molecule has 0 N–H and O–H groups in total. The lowest BCUT2D eigenvalue weighted by Crippen LogP contribution is -2.48. The summed E-state index contributed by atoms with van der Waals surface area (Å²) in [5.41, 5.74) is 0.522. The van der Waals surface area contributed by atoms with Gasteiger partial charge in [-0.1, -0.05) is 6.92 Å². The molecule has 1 heterocycles. The average molecular weight is 348 g/mol. The molecule has 0 unspecified atom stereocenters. The number of aryl methyl sites for hydroxylation is 1. The van der Waals surface area contributed by atoms with E-state index in [9.17, 15) is 19.7 Å². The Bertz CT molecular complexity index is 673. The molecule has 136 valence electrons. The predicted octanol–water partition coefficient (Wildman–Crippen LogP) is 3.24. The molecule has 0 bridgehead atoms. The molecule has 0 saturated carbocycles. The van der Waals surface area contributed by atoms with Crippen LogP contribution in [0.2, 0.25) is 0 Å². The number of piperidine rings is 1. The van der Waals surface area contributed by atoms with Gasteiger partial charge in [-0.25, -0.2) is 4.79 Å². The van der Waals surface area contributed by atoms with Gasteiger partial charge in [0.15, 0.2) is 6.10 Å². The minimum Gasteiger partial charge on any atom is -0.449 e.